The lowest BCUT2D eigenvalue weighted by atomic mass is 10.1. The zero-order chi connectivity index (χ0) is 17.1. The van der Waals surface area contributed by atoms with Gasteiger partial charge in [-0.1, -0.05) is 12.1 Å². The number of carbonyl (C=O) groups excluding carboxylic acids is 1. The predicted molar refractivity (Wildman–Crippen MR) is 84.5 cm³/mol. The van der Waals surface area contributed by atoms with Crippen LogP contribution < -0.4 is 0 Å². The number of benzene rings is 2. The number of hydrogen-bond donors (Lipinski definition) is 0. The average molecular weight is 328 g/mol. The molecule has 0 N–H and O–H groups in total. The van der Waals surface area contributed by atoms with Gasteiger partial charge in [-0.2, -0.15) is 0 Å². The molecule has 0 bridgehead atoms. The first kappa shape index (κ1) is 15.9. The molecular formula is C18H14F2N2O2. The topological polar surface area (TPSA) is 44.1 Å². The normalized spacial score (nSPS) is 10.6. The van der Waals surface area contributed by atoms with Gasteiger partial charge in [0.25, 0.3) is 0 Å². The fourth-order valence-electron chi connectivity index (χ4n) is 2.44. The highest BCUT2D eigenvalue weighted by atomic mass is 19.1. The second-order valence-corrected chi connectivity index (χ2v) is 5.23. The molecule has 0 aliphatic heterocycles. The van der Waals surface area contributed by atoms with E-state index in [9.17, 15) is 13.6 Å². The van der Waals surface area contributed by atoms with Gasteiger partial charge < -0.3 is 9.30 Å². The van der Waals surface area contributed by atoms with Crippen molar-refractivity contribution in [3.63, 3.8) is 0 Å². The number of hydrogen-bond acceptors (Lipinski definition) is 3. The number of rotatable bonds is 4. The van der Waals surface area contributed by atoms with Gasteiger partial charge in [-0.15, -0.1) is 0 Å². The molecule has 0 saturated heterocycles. The summed E-state index contributed by atoms with van der Waals surface area (Å²) >= 11 is 0. The van der Waals surface area contributed by atoms with Crippen molar-refractivity contribution in [2.24, 2.45) is 0 Å². The van der Waals surface area contributed by atoms with Crippen LogP contribution in [0, 0.1) is 11.6 Å². The quantitative estimate of drug-likeness (QED) is 0.687. The van der Waals surface area contributed by atoms with Gasteiger partial charge in [-0.3, -0.25) is 0 Å². The van der Waals surface area contributed by atoms with Crippen LogP contribution in [0.15, 0.2) is 54.9 Å². The molecule has 24 heavy (non-hydrogen) atoms. The fraction of sp³-hybridized carbons (Fsp3) is 0.111. The summed E-state index contributed by atoms with van der Waals surface area (Å²) in [5, 5.41) is 0. The van der Waals surface area contributed by atoms with Gasteiger partial charge in [0.15, 0.2) is 0 Å². The van der Waals surface area contributed by atoms with E-state index in [1.165, 1.54) is 19.2 Å². The summed E-state index contributed by atoms with van der Waals surface area (Å²) in [6.07, 6.45) is 3.30. The first-order chi connectivity index (χ1) is 11.6. The van der Waals surface area contributed by atoms with Crippen LogP contribution in [0.2, 0.25) is 0 Å². The Morgan fingerprint density at radius 3 is 2.42 bits per heavy atom. The van der Waals surface area contributed by atoms with Gasteiger partial charge in [0.2, 0.25) is 0 Å². The van der Waals surface area contributed by atoms with Crippen LogP contribution in [0.25, 0.3) is 11.4 Å². The molecule has 0 spiro atoms. The number of aromatic nitrogens is 2. The summed E-state index contributed by atoms with van der Waals surface area (Å²) in [7, 11) is 1.33. The number of ether oxygens (including phenoxy) is 1. The molecule has 0 unspecified atom stereocenters. The van der Waals surface area contributed by atoms with E-state index in [0.717, 1.165) is 11.6 Å². The maximum atomic E-state index is 13.4. The number of imidazole rings is 1. The minimum absolute atomic E-state index is 0.365. The average Bonchev–Trinajstić information content (AvgIpc) is 3.02. The number of methoxy groups -OCH3 is 1. The molecule has 0 fully saturated rings. The fourth-order valence-corrected chi connectivity index (χ4v) is 2.44. The van der Waals surface area contributed by atoms with E-state index in [4.69, 9.17) is 0 Å². The minimum Gasteiger partial charge on any atom is -0.465 e. The third-order valence-corrected chi connectivity index (χ3v) is 3.56. The summed E-state index contributed by atoms with van der Waals surface area (Å²) in [6.45, 7) is 0.453. The van der Waals surface area contributed by atoms with Crippen molar-refractivity contribution in [3.05, 3.63) is 77.6 Å². The van der Waals surface area contributed by atoms with Crippen molar-refractivity contribution in [1.82, 2.24) is 9.55 Å². The Morgan fingerprint density at radius 1 is 1.12 bits per heavy atom. The van der Waals surface area contributed by atoms with E-state index >= 15 is 0 Å². The summed E-state index contributed by atoms with van der Waals surface area (Å²) in [4.78, 5) is 15.6. The first-order valence-corrected chi connectivity index (χ1v) is 7.21. The van der Waals surface area contributed by atoms with Crippen molar-refractivity contribution >= 4 is 5.97 Å². The molecule has 0 atom stereocenters. The lowest BCUT2D eigenvalue weighted by Gasteiger charge is -2.09. The van der Waals surface area contributed by atoms with Crippen molar-refractivity contribution in [1.29, 1.82) is 0 Å². The Bertz CT molecular complexity index is 853. The zero-order valence-corrected chi connectivity index (χ0v) is 12.9. The van der Waals surface area contributed by atoms with Crippen LogP contribution in [0.4, 0.5) is 8.78 Å². The molecule has 2 aromatic carbocycles. The van der Waals surface area contributed by atoms with Gasteiger partial charge in [-0.25, -0.2) is 18.6 Å². The number of carbonyl (C=O) groups is 1. The molecule has 3 aromatic rings. The Kier molecular flexibility index (Phi) is 4.37. The van der Waals surface area contributed by atoms with Crippen LogP contribution in [-0.4, -0.2) is 22.6 Å². The van der Waals surface area contributed by atoms with Gasteiger partial charge in [0.05, 0.1) is 12.7 Å². The van der Waals surface area contributed by atoms with E-state index in [1.807, 2.05) is 0 Å². The molecule has 3 rings (SSSR count). The highest BCUT2D eigenvalue weighted by Gasteiger charge is 2.10. The van der Waals surface area contributed by atoms with E-state index in [2.05, 4.69) is 9.72 Å². The second-order valence-electron chi connectivity index (χ2n) is 5.23. The summed E-state index contributed by atoms with van der Waals surface area (Å²) in [5.41, 5.74) is 1.74. The molecule has 0 aliphatic carbocycles. The molecule has 1 aromatic heterocycles. The highest BCUT2D eigenvalue weighted by molar-refractivity contribution is 5.89. The van der Waals surface area contributed by atoms with Crippen LogP contribution in [0.5, 0.6) is 0 Å². The standard InChI is InChI=1S/C18H14F2N2O2/c1-24-18(23)13-4-2-12(3-5-13)11-22-7-6-21-17(22)14-8-15(19)10-16(20)9-14/h2-10H,11H2,1H3. The third kappa shape index (κ3) is 3.32. The van der Waals surface area contributed by atoms with Crippen molar-refractivity contribution < 1.29 is 18.3 Å². The van der Waals surface area contributed by atoms with Crippen molar-refractivity contribution in [2.45, 2.75) is 6.54 Å². The lowest BCUT2D eigenvalue weighted by molar-refractivity contribution is 0.0600. The van der Waals surface area contributed by atoms with Crippen LogP contribution in [0.3, 0.4) is 0 Å². The minimum atomic E-state index is -0.651. The summed E-state index contributed by atoms with van der Waals surface area (Å²) in [6, 6.07) is 10.2. The maximum Gasteiger partial charge on any atom is 0.337 e. The Labute approximate surface area is 137 Å². The molecule has 0 aliphatic rings. The largest absolute Gasteiger partial charge is 0.465 e. The van der Waals surface area contributed by atoms with Gasteiger partial charge in [-0.05, 0) is 29.8 Å². The van der Waals surface area contributed by atoms with Gasteiger partial charge >= 0.3 is 5.97 Å². The Hall–Kier alpha value is -3.02. The van der Waals surface area contributed by atoms with Crippen LogP contribution in [0.1, 0.15) is 15.9 Å². The number of nitrogens with zero attached hydrogens (tertiary/aromatic N) is 2. The summed E-state index contributed by atoms with van der Waals surface area (Å²) < 4.78 is 33.3. The van der Waals surface area contributed by atoms with E-state index < -0.39 is 17.6 Å². The monoisotopic (exact) mass is 328 g/mol. The molecule has 122 valence electrons. The molecule has 1 heterocycles. The molecule has 0 radical (unpaired) electrons. The van der Waals surface area contributed by atoms with Crippen LogP contribution in [-0.2, 0) is 11.3 Å². The Morgan fingerprint density at radius 2 is 1.79 bits per heavy atom. The predicted octanol–water partition coefficient (Wildman–Crippen LogP) is 3.66. The zero-order valence-electron chi connectivity index (χ0n) is 12.9. The second kappa shape index (κ2) is 6.62. The summed E-state index contributed by atoms with van der Waals surface area (Å²) in [5.74, 6) is -1.24. The Balaban J connectivity index is 1.87. The third-order valence-electron chi connectivity index (χ3n) is 3.56. The smallest absolute Gasteiger partial charge is 0.337 e. The lowest BCUT2D eigenvalue weighted by Crippen LogP contribution is -2.04. The van der Waals surface area contributed by atoms with E-state index in [0.29, 0.717) is 23.5 Å². The molecule has 0 amide bonds. The van der Waals surface area contributed by atoms with Crippen LogP contribution >= 0.6 is 0 Å². The number of halogens is 2. The SMILES string of the molecule is COC(=O)c1ccc(Cn2ccnc2-c2cc(F)cc(F)c2)cc1. The number of esters is 1. The highest BCUT2D eigenvalue weighted by Crippen LogP contribution is 2.21. The van der Waals surface area contributed by atoms with Crippen molar-refractivity contribution in [2.75, 3.05) is 7.11 Å². The van der Waals surface area contributed by atoms with E-state index in [1.54, 1.807) is 41.2 Å². The molecule has 0 saturated carbocycles. The molecule has 6 heteroatoms. The van der Waals surface area contributed by atoms with E-state index in [-0.39, 0.29) is 0 Å². The molecule has 4 nitrogen and oxygen atoms in total. The van der Waals surface area contributed by atoms with Gasteiger partial charge in [0.1, 0.15) is 17.5 Å². The maximum absolute atomic E-state index is 13.4. The van der Waals surface area contributed by atoms with Gasteiger partial charge in [0, 0.05) is 30.6 Å². The molecular weight excluding hydrogens is 314 g/mol. The van der Waals surface area contributed by atoms with Crippen molar-refractivity contribution in [3.8, 4) is 11.4 Å². The first-order valence-electron chi connectivity index (χ1n) is 7.21.